The van der Waals surface area contributed by atoms with Crippen molar-refractivity contribution >= 4 is 41.6 Å². The van der Waals surface area contributed by atoms with Crippen molar-refractivity contribution in [2.24, 2.45) is 17.8 Å². The molecule has 3 aromatic rings. The third-order valence-corrected chi connectivity index (χ3v) is 9.33. The fraction of sp³-hybridized carbons (Fsp3) is 0.364. The molecule has 0 spiro atoms. The molecule has 206 valence electrons. The number of hydrogen-bond acceptors (Lipinski definition) is 5. The van der Waals surface area contributed by atoms with Gasteiger partial charge in [-0.1, -0.05) is 99.6 Å². The molecular weight excluding hydrogens is 507 g/mol. The molecule has 0 heterocycles. The molecule has 3 atom stereocenters. The van der Waals surface area contributed by atoms with E-state index in [1.54, 1.807) is 6.92 Å². The minimum absolute atomic E-state index is 0.0536. The zero-order valence-corrected chi connectivity index (χ0v) is 24.4. The van der Waals surface area contributed by atoms with Crippen LogP contribution in [0, 0.1) is 17.8 Å². The number of carbonyl (C=O) groups is 3. The van der Waals surface area contributed by atoms with E-state index in [0.717, 1.165) is 15.9 Å². The van der Waals surface area contributed by atoms with Crippen LogP contribution >= 0.6 is 7.92 Å². The number of benzene rings is 3. The van der Waals surface area contributed by atoms with E-state index in [4.69, 9.17) is 9.47 Å². The largest absolute Gasteiger partial charge is 0.465 e. The molecule has 6 heteroatoms. The number of rotatable bonds is 13. The van der Waals surface area contributed by atoms with Gasteiger partial charge in [-0.25, -0.2) is 4.79 Å². The molecule has 3 rings (SSSR count). The van der Waals surface area contributed by atoms with Crippen LogP contribution in [0.15, 0.2) is 84.9 Å². The Morgan fingerprint density at radius 3 is 1.82 bits per heavy atom. The molecule has 0 radical (unpaired) electrons. The Kier molecular flexibility index (Phi) is 11.4. The molecule has 39 heavy (non-hydrogen) atoms. The number of ketones is 1. The molecule has 3 aromatic carbocycles. The van der Waals surface area contributed by atoms with E-state index in [-0.39, 0.29) is 36.3 Å². The van der Waals surface area contributed by atoms with Crippen LogP contribution in [0.1, 0.15) is 57.8 Å². The number of carbonyl (C=O) groups excluding carboxylic acids is 3. The van der Waals surface area contributed by atoms with Gasteiger partial charge in [0.05, 0.1) is 12.2 Å². The first-order valence-electron chi connectivity index (χ1n) is 13.6. The molecule has 0 amide bonds. The Hall–Kier alpha value is -3.30. The minimum Gasteiger partial charge on any atom is -0.465 e. The second-order valence-electron chi connectivity index (χ2n) is 10.1. The molecule has 0 saturated heterocycles. The first-order chi connectivity index (χ1) is 18.7. The maximum Gasteiger partial charge on any atom is 0.339 e. The fourth-order valence-electron chi connectivity index (χ4n) is 4.84. The number of hydrogen-bond donors (Lipinski definition) is 0. The summed E-state index contributed by atoms with van der Waals surface area (Å²) in [6, 6.07) is 28.2. The van der Waals surface area contributed by atoms with E-state index < -0.39 is 19.8 Å². The number of Topliss-reactive ketones (excluding diaryl/α,β-unsaturated/α-hetero) is 1. The molecule has 5 nitrogen and oxygen atoms in total. The zero-order chi connectivity index (χ0) is 28.4. The van der Waals surface area contributed by atoms with Crippen LogP contribution in [0.25, 0.3) is 0 Å². The van der Waals surface area contributed by atoms with Gasteiger partial charge in [0.15, 0.2) is 0 Å². The Morgan fingerprint density at radius 1 is 0.769 bits per heavy atom. The summed E-state index contributed by atoms with van der Waals surface area (Å²) in [7, 11) is -0.978. The highest BCUT2D eigenvalue weighted by molar-refractivity contribution is 7.80. The molecule has 0 aromatic heterocycles. The van der Waals surface area contributed by atoms with Crippen molar-refractivity contribution < 1.29 is 23.9 Å². The van der Waals surface area contributed by atoms with Crippen molar-refractivity contribution in [1.29, 1.82) is 0 Å². The van der Waals surface area contributed by atoms with Crippen molar-refractivity contribution in [2.75, 3.05) is 6.61 Å². The Bertz CT molecular complexity index is 1190. The van der Waals surface area contributed by atoms with Crippen LogP contribution in [-0.4, -0.2) is 30.4 Å². The normalized spacial score (nSPS) is 13.5. The molecule has 0 N–H and O–H groups in total. The fourth-order valence-corrected chi connectivity index (χ4v) is 7.28. The van der Waals surface area contributed by atoms with Crippen LogP contribution in [0.3, 0.4) is 0 Å². The maximum atomic E-state index is 13.8. The zero-order valence-electron chi connectivity index (χ0n) is 23.5. The third-order valence-electron chi connectivity index (χ3n) is 6.83. The lowest BCUT2D eigenvalue weighted by Crippen LogP contribution is -2.34. The SMILES string of the molecule is CCOC(=O)C(CC[C@H](C)[C@@H](OC(=O)c1ccccc1P(c1ccccc1)c1ccccc1)C(C)C)C(C)=O. The summed E-state index contributed by atoms with van der Waals surface area (Å²) in [5, 5.41) is 3.26. The van der Waals surface area contributed by atoms with E-state index in [0.29, 0.717) is 18.4 Å². The maximum absolute atomic E-state index is 13.8. The second kappa shape index (κ2) is 14.7. The molecule has 1 unspecified atom stereocenters. The summed E-state index contributed by atoms with van der Waals surface area (Å²) >= 11 is 0. The van der Waals surface area contributed by atoms with E-state index in [2.05, 4.69) is 24.3 Å². The molecule has 0 fully saturated rings. The lowest BCUT2D eigenvalue weighted by molar-refractivity contribution is -0.151. The van der Waals surface area contributed by atoms with Gasteiger partial charge in [-0.15, -0.1) is 0 Å². The number of esters is 2. The topological polar surface area (TPSA) is 69.7 Å². The summed E-state index contributed by atoms with van der Waals surface area (Å²) < 4.78 is 11.3. The van der Waals surface area contributed by atoms with Gasteiger partial charge in [-0.3, -0.25) is 9.59 Å². The highest BCUT2D eigenvalue weighted by Gasteiger charge is 2.31. The van der Waals surface area contributed by atoms with E-state index in [9.17, 15) is 14.4 Å². The van der Waals surface area contributed by atoms with Crippen LogP contribution in [0.2, 0.25) is 0 Å². The van der Waals surface area contributed by atoms with E-state index in [1.165, 1.54) is 6.92 Å². The van der Waals surface area contributed by atoms with Crippen LogP contribution in [-0.2, 0) is 19.1 Å². The summed E-state index contributed by atoms with van der Waals surface area (Å²) in [5.41, 5.74) is 0.558. The minimum atomic E-state index is -0.978. The van der Waals surface area contributed by atoms with E-state index in [1.807, 2.05) is 81.4 Å². The standard InChI is InChI=1S/C33H39O5P/c1-6-37-32(35)28(25(5)34)22-21-24(4)31(23(2)3)38-33(36)29-19-13-14-20-30(29)39(26-15-9-7-10-16-26)27-17-11-8-12-18-27/h7-20,23-24,28,31H,6,21-22H2,1-5H3/t24-,28?,31-/m0/s1. The van der Waals surface area contributed by atoms with Crippen molar-refractivity contribution in [1.82, 2.24) is 0 Å². The molecule has 0 aliphatic carbocycles. The smallest absolute Gasteiger partial charge is 0.339 e. The van der Waals surface area contributed by atoms with Crippen LogP contribution < -0.4 is 15.9 Å². The Labute approximate surface area is 233 Å². The lowest BCUT2D eigenvalue weighted by atomic mass is 9.87. The lowest BCUT2D eigenvalue weighted by Gasteiger charge is -2.29. The highest BCUT2D eigenvalue weighted by Crippen LogP contribution is 2.34. The van der Waals surface area contributed by atoms with Crippen molar-refractivity contribution in [2.45, 2.75) is 53.6 Å². The van der Waals surface area contributed by atoms with Crippen molar-refractivity contribution in [3.05, 3.63) is 90.5 Å². The summed E-state index contributed by atoms with van der Waals surface area (Å²) in [4.78, 5) is 38.1. The van der Waals surface area contributed by atoms with Crippen molar-refractivity contribution in [3.8, 4) is 0 Å². The van der Waals surface area contributed by atoms with Gasteiger partial charge in [0.2, 0.25) is 0 Å². The average Bonchev–Trinajstić information content (AvgIpc) is 2.93. The number of ether oxygens (including phenoxy) is 2. The quantitative estimate of drug-likeness (QED) is 0.154. The third kappa shape index (κ3) is 8.10. The first-order valence-corrected chi connectivity index (χ1v) is 15.0. The highest BCUT2D eigenvalue weighted by atomic mass is 31.1. The molecule has 0 bridgehead atoms. The summed E-state index contributed by atoms with van der Waals surface area (Å²) in [6.07, 6.45) is 0.543. The molecule has 0 aliphatic heterocycles. The molecule has 0 aliphatic rings. The summed E-state index contributed by atoms with van der Waals surface area (Å²) in [6.45, 7) is 9.43. The predicted octanol–water partition coefficient (Wildman–Crippen LogP) is 5.81. The van der Waals surface area contributed by atoms with Gasteiger partial charge < -0.3 is 9.47 Å². The first kappa shape index (κ1) is 30.2. The van der Waals surface area contributed by atoms with E-state index >= 15 is 0 Å². The monoisotopic (exact) mass is 546 g/mol. The van der Waals surface area contributed by atoms with Gasteiger partial charge in [0, 0.05) is 0 Å². The van der Waals surface area contributed by atoms with Crippen LogP contribution in [0.4, 0.5) is 0 Å². The molecule has 0 saturated carbocycles. The van der Waals surface area contributed by atoms with Crippen molar-refractivity contribution in [3.63, 3.8) is 0 Å². The van der Waals surface area contributed by atoms with Gasteiger partial charge in [0.25, 0.3) is 0 Å². The summed E-state index contributed by atoms with van der Waals surface area (Å²) in [5.74, 6) is -1.84. The van der Waals surface area contributed by atoms with Gasteiger partial charge in [-0.2, -0.15) is 0 Å². The molecular formula is C33H39O5P. The van der Waals surface area contributed by atoms with Gasteiger partial charge >= 0.3 is 11.9 Å². The average molecular weight is 547 g/mol. The van der Waals surface area contributed by atoms with Crippen LogP contribution in [0.5, 0.6) is 0 Å². The Morgan fingerprint density at radius 2 is 1.31 bits per heavy atom. The predicted molar refractivity (Wildman–Crippen MR) is 158 cm³/mol. The van der Waals surface area contributed by atoms with Gasteiger partial charge in [-0.05, 0) is 68.4 Å². The second-order valence-corrected chi connectivity index (χ2v) is 12.3. The van der Waals surface area contributed by atoms with Gasteiger partial charge in [0.1, 0.15) is 17.8 Å². The Balaban J connectivity index is 1.87.